The Morgan fingerprint density at radius 3 is 1.87 bits per heavy atom. The second-order valence-corrected chi connectivity index (χ2v) is 2.65. The van der Waals surface area contributed by atoms with Crippen molar-refractivity contribution in [2.45, 2.75) is 31.2 Å². The zero-order valence-electron chi connectivity index (χ0n) is 7.07. The molecule has 9 heteroatoms. The van der Waals surface area contributed by atoms with E-state index in [1.54, 1.807) is 0 Å². The summed E-state index contributed by atoms with van der Waals surface area (Å²) in [6.45, 7) is -1.97. The lowest BCUT2D eigenvalue weighted by atomic mass is 10.3. The van der Waals surface area contributed by atoms with E-state index < -0.39 is 37.8 Å². The van der Waals surface area contributed by atoms with Gasteiger partial charge >= 0.3 is 18.5 Å². The van der Waals surface area contributed by atoms with Gasteiger partial charge in [0.05, 0.1) is 6.42 Å². The molecular formula is C6H7F7O2. The molecule has 0 radical (unpaired) electrons. The molecule has 0 amide bonds. The molecule has 0 aliphatic carbocycles. The zero-order chi connectivity index (χ0) is 12.3. The fourth-order valence-corrected chi connectivity index (χ4v) is 0.527. The third kappa shape index (κ3) is 6.50. The summed E-state index contributed by atoms with van der Waals surface area (Å²) in [7, 11) is 0. The highest BCUT2D eigenvalue weighted by atomic mass is 19.4. The summed E-state index contributed by atoms with van der Waals surface area (Å²) in [6, 6.07) is 0. The standard InChI is InChI=1S/C6H7F7O2/c7-4(8)5(9,10)2-15-3(14)1-6(11,12)13/h3-4,14H,1-2H2. The Labute approximate surface area is 79.6 Å². The number of rotatable bonds is 5. The highest BCUT2D eigenvalue weighted by Crippen LogP contribution is 2.26. The van der Waals surface area contributed by atoms with Crippen LogP contribution in [0.15, 0.2) is 0 Å². The van der Waals surface area contributed by atoms with Crippen molar-refractivity contribution in [3.8, 4) is 0 Å². The summed E-state index contributed by atoms with van der Waals surface area (Å²) in [5.74, 6) is -4.58. The van der Waals surface area contributed by atoms with Crippen LogP contribution in [0.5, 0.6) is 0 Å². The first kappa shape index (κ1) is 14.4. The zero-order valence-corrected chi connectivity index (χ0v) is 7.07. The lowest BCUT2D eigenvalue weighted by Crippen LogP contribution is -2.35. The molecule has 0 aromatic rings. The third-order valence-corrected chi connectivity index (χ3v) is 1.19. The molecule has 15 heavy (non-hydrogen) atoms. The van der Waals surface area contributed by atoms with Gasteiger partial charge in [-0.25, -0.2) is 8.78 Å². The van der Waals surface area contributed by atoms with E-state index in [2.05, 4.69) is 4.74 Å². The monoisotopic (exact) mass is 244 g/mol. The van der Waals surface area contributed by atoms with Crippen LogP contribution in [0.2, 0.25) is 0 Å². The molecule has 0 aliphatic heterocycles. The van der Waals surface area contributed by atoms with Gasteiger partial charge in [0.1, 0.15) is 6.61 Å². The van der Waals surface area contributed by atoms with Crippen molar-refractivity contribution in [3.63, 3.8) is 0 Å². The molecule has 0 saturated heterocycles. The van der Waals surface area contributed by atoms with Crippen LogP contribution in [0.3, 0.4) is 0 Å². The minimum absolute atomic E-state index is 1.90. The molecule has 0 bridgehead atoms. The lowest BCUT2D eigenvalue weighted by Gasteiger charge is -2.18. The van der Waals surface area contributed by atoms with E-state index in [1.165, 1.54) is 0 Å². The number of ether oxygens (including phenoxy) is 1. The second kappa shape index (κ2) is 4.97. The summed E-state index contributed by atoms with van der Waals surface area (Å²) < 4.78 is 85.2. The molecule has 0 heterocycles. The quantitative estimate of drug-likeness (QED) is 0.593. The van der Waals surface area contributed by atoms with E-state index in [-0.39, 0.29) is 0 Å². The summed E-state index contributed by atoms with van der Waals surface area (Å²) in [5, 5.41) is 8.41. The lowest BCUT2D eigenvalue weighted by molar-refractivity contribution is -0.239. The van der Waals surface area contributed by atoms with Gasteiger partial charge in [0.25, 0.3) is 0 Å². The molecule has 0 aromatic heterocycles. The minimum Gasteiger partial charge on any atom is -0.368 e. The van der Waals surface area contributed by atoms with Gasteiger partial charge in [-0.2, -0.15) is 22.0 Å². The number of alkyl halides is 7. The Morgan fingerprint density at radius 2 is 1.53 bits per heavy atom. The largest absolute Gasteiger partial charge is 0.393 e. The molecule has 1 unspecified atom stereocenters. The number of aliphatic hydroxyl groups excluding tert-OH is 1. The predicted octanol–water partition coefficient (Wildman–Crippen LogP) is 2.17. The van der Waals surface area contributed by atoms with E-state index >= 15 is 0 Å². The van der Waals surface area contributed by atoms with Gasteiger partial charge in [-0.3, -0.25) is 0 Å². The maximum absolute atomic E-state index is 12.1. The van der Waals surface area contributed by atoms with Crippen molar-refractivity contribution in [2.24, 2.45) is 0 Å². The van der Waals surface area contributed by atoms with Crippen LogP contribution in [0.4, 0.5) is 30.7 Å². The van der Waals surface area contributed by atoms with Crippen LogP contribution in [0.25, 0.3) is 0 Å². The van der Waals surface area contributed by atoms with Crippen LogP contribution < -0.4 is 0 Å². The van der Waals surface area contributed by atoms with Crippen LogP contribution in [-0.4, -0.2) is 36.5 Å². The maximum Gasteiger partial charge on any atom is 0.393 e. The molecule has 0 spiro atoms. The molecule has 2 nitrogen and oxygen atoms in total. The summed E-state index contributed by atoms with van der Waals surface area (Å²) in [6.07, 6.45) is -13.4. The molecule has 0 saturated carbocycles. The topological polar surface area (TPSA) is 29.5 Å². The molecule has 0 aliphatic rings. The van der Waals surface area contributed by atoms with E-state index in [9.17, 15) is 30.7 Å². The van der Waals surface area contributed by atoms with Crippen LogP contribution in [-0.2, 0) is 4.74 Å². The first-order valence-corrected chi connectivity index (χ1v) is 3.57. The summed E-state index contributed by atoms with van der Waals surface area (Å²) in [4.78, 5) is 0. The molecule has 0 fully saturated rings. The van der Waals surface area contributed by atoms with Crippen molar-refractivity contribution in [1.82, 2.24) is 0 Å². The Balaban J connectivity index is 3.96. The maximum atomic E-state index is 12.1. The average Bonchev–Trinajstić information content (AvgIpc) is 1.97. The Morgan fingerprint density at radius 1 is 1.07 bits per heavy atom. The van der Waals surface area contributed by atoms with E-state index in [4.69, 9.17) is 5.11 Å². The van der Waals surface area contributed by atoms with Gasteiger partial charge in [-0.15, -0.1) is 0 Å². The fraction of sp³-hybridized carbons (Fsp3) is 1.00. The highest BCUT2D eigenvalue weighted by molar-refractivity contribution is 4.68. The van der Waals surface area contributed by atoms with Gasteiger partial charge in [0.15, 0.2) is 6.29 Å². The van der Waals surface area contributed by atoms with Crippen molar-refractivity contribution in [2.75, 3.05) is 6.61 Å². The number of hydrogen-bond acceptors (Lipinski definition) is 2. The third-order valence-electron chi connectivity index (χ3n) is 1.19. The fourth-order valence-electron chi connectivity index (χ4n) is 0.527. The van der Waals surface area contributed by atoms with Crippen molar-refractivity contribution in [1.29, 1.82) is 0 Å². The van der Waals surface area contributed by atoms with Gasteiger partial charge < -0.3 is 9.84 Å². The molecule has 1 atom stereocenters. The Hall–Kier alpha value is -0.570. The number of aliphatic hydroxyl groups is 1. The highest BCUT2D eigenvalue weighted by Gasteiger charge is 2.42. The minimum atomic E-state index is -4.82. The van der Waals surface area contributed by atoms with Crippen LogP contribution >= 0.6 is 0 Å². The number of halogens is 7. The second-order valence-electron chi connectivity index (χ2n) is 2.65. The Bertz CT molecular complexity index is 190. The normalized spacial score (nSPS) is 15.8. The van der Waals surface area contributed by atoms with Crippen molar-refractivity contribution < 1.29 is 40.6 Å². The van der Waals surface area contributed by atoms with Gasteiger partial charge in [0, 0.05) is 0 Å². The summed E-state index contributed by atoms with van der Waals surface area (Å²) >= 11 is 0. The van der Waals surface area contributed by atoms with E-state index in [0.29, 0.717) is 0 Å². The van der Waals surface area contributed by atoms with Crippen LogP contribution in [0, 0.1) is 0 Å². The molecule has 1 N–H and O–H groups in total. The molecule has 0 rings (SSSR count). The van der Waals surface area contributed by atoms with Crippen molar-refractivity contribution in [3.05, 3.63) is 0 Å². The van der Waals surface area contributed by atoms with Crippen LogP contribution in [0.1, 0.15) is 6.42 Å². The molecular weight excluding hydrogens is 237 g/mol. The number of hydrogen-bond donors (Lipinski definition) is 1. The smallest absolute Gasteiger partial charge is 0.368 e. The van der Waals surface area contributed by atoms with Gasteiger partial charge in [-0.05, 0) is 0 Å². The summed E-state index contributed by atoms with van der Waals surface area (Å²) in [5.41, 5.74) is 0. The van der Waals surface area contributed by atoms with Crippen molar-refractivity contribution >= 4 is 0 Å². The van der Waals surface area contributed by atoms with Gasteiger partial charge in [0.2, 0.25) is 0 Å². The predicted molar refractivity (Wildman–Crippen MR) is 33.6 cm³/mol. The van der Waals surface area contributed by atoms with Gasteiger partial charge in [-0.1, -0.05) is 0 Å². The molecule has 92 valence electrons. The molecule has 0 aromatic carbocycles. The average molecular weight is 244 g/mol. The van der Waals surface area contributed by atoms with E-state index in [0.717, 1.165) is 0 Å². The SMILES string of the molecule is OC(CC(F)(F)F)OCC(F)(F)C(F)F. The Kier molecular flexibility index (Phi) is 4.78. The first-order valence-electron chi connectivity index (χ1n) is 3.57. The first-order chi connectivity index (χ1) is 6.54. The van der Waals surface area contributed by atoms with E-state index in [1.807, 2.05) is 0 Å².